The number of amides is 1. The largest absolute Gasteiger partial charge is 0.507 e. The predicted octanol–water partition coefficient (Wildman–Crippen LogP) is 4.82. The van der Waals surface area contributed by atoms with E-state index in [0.29, 0.717) is 11.3 Å². The molecule has 1 aromatic heterocycles. The number of carbonyl (C=O) groups excluding carboxylic acids is 1. The minimum Gasteiger partial charge on any atom is -0.507 e. The number of para-hydroxylation sites is 1. The van der Waals surface area contributed by atoms with E-state index in [9.17, 15) is 9.90 Å². The van der Waals surface area contributed by atoms with Gasteiger partial charge in [-0.25, -0.2) is 5.43 Å². The van der Waals surface area contributed by atoms with Crippen LogP contribution in [-0.2, 0) is 0 Å². The van der Waals surface area contributed by atoms with Crippen molar-refractivity contribution in [3.63, 3.8) is 0 Å². The lowest BCUT2D eigenvalue weighted by Crippen LogP contribution is -2.18. The van der Waals surface area contributed by atoms with Crippen molar-refractivity contribution in [1.29, 1.82) is 0 Å². The Labute approximate surface area is 168 Å². The van der Waals surface area contributed by atoms with Gasteiger partial charge in [0.15, 0.2) is 0 Å². The Morgan fingerprint density at radius 3 is 2.17 bits per heavy atom. The van der Waals surface area contributed by atoms with Crippen molar-refractivity contribution in [1.82, 2.24) is 10.4 Å². The second-order valence-electron chi connectivity index (χ2n) is 6.46. The highest BCUT2D eigenvalue weighted by Gasteiger charge is 2.17. The molecule has 4 aromatic rings. The van der Waals surface area contributed by atoms with E-state index >= 15 is 0 Å². The second-order valence-corrected chi connectivity index (χ2v) is 6.46. The molecule has 0 radical (unpaired) electrons. The maximum Gasteiger partial charge on any atom is 0.288 e. The summed E-state index contributed by atoms with van der Waals surface area (Å²) in [5.41, 5.74) is 7.04. The molecule has 29 heavy (non-hydrogen) atoms. The van der Waals surface area contributed by atoms with E-state index in [-0.39, 0.29) is 11.7 Å². The van der Waals surface area contributed by atoms with Crippen LogP contribution in [0.1, 0.15) is 16.1 Å². The Balaban J connectivity index is 1.65. The fourth-order valence-corrected chi connectivity index (χ4v) is 3.07. The van der Waals surface area contributed by atoms with Crippen LogP contribution < -0.4 is 5.43 Å². The van der Waals surface area contributed by atoms with Crippen LogP contribution in [-0.4, -0.2) is 22.2 Å². The molecular formula is C24H19N3O2. The molecule has 1 heterocycles. The Kier molecular flexibility index (Phi) is 5.21. The number of aromatic amines is 1. The van der Waals surface area contributed by atoms with Crippen LogP contribution in [0.2, 0.25) is 0 Å². The van der Waals surface area contributed by atoms with Gasteiger partial charge in [0, 0.05) is 16.8 Å². The average Bonchev–Trinajstić information content (AvgIpc) is 3.22. The van der Waals surface area contributed by atoms with E-state index in [1.165, 1.54) is 6.21 Å². The highest BCUT2D eigenvalue weighted by atomic mass is 16.3. The molecule has 0 unspecified atom stereocenters. The summed E-state index contributed by atoms with van der Waals surface area (Å²) in [7, 11) is 0. The fourth-order valence-electron chi connectivity index (χ4n) is 3.07. The van der Waals surface area contributed by atoms with Crippen LogP contribution in [0.15, 0.2) is 96.1 Å². The van der Waals surface area contributed by atoms with Gasteiger partial charge >= 0.3 is 0 Å². The first-order valence-electron chi connectivity index (χ1n) is 9.17. The highest BCUT2D eigenvalue weighted by molar-refractivity contribution is 6.01. The van der Waals surface area contributed by atoms with Crippen LogP contribution in [0.4, 0.5) is 0 Å². The summed E-state index contributed by atoms with van der Waals surface area (Å²) in [5, 5.41) is 13.8. The number of hydrogen-bond donors (Lipinski definition) is 3. The molecular weight excluding hydrogens is 362 g/mol. The smallest absolute Gasteiger partial charge is 0.288 e. The lowest BCUT2D eigenvalue weighted by atomic mass is 10.0. The van der Waals surface area contributed by atoms with Crippen molar-refractivity contribution in [3.05, 3.63) is 102 Å². The number of H-pyrrole nitrogens is 1. The lowest BCUT2D eigenvalue weighted by Gasteiger charge is -2.03. The molecule has 0 fully saturated rings. The highest BCUT2D eigenvalue weighted by Crippen LogP contribution is 2.29. The minimum atomic E-state index is -0.363. The molecule has 142 valence electrons. The van der Waals surface area contributed by atoms with Gasteiger partial charge in [0.05, 0.1) is 6.21 Å². The summed E-state index contributed by atoms with van der Waals surface area (Å²) < 4.78 is 0. The maximum absolute atomic E-state index is 12.8. The topological polar surface area (TPSA) is 77.5 Å². The van der Waals surface area contributed by atoms with Crippen molar-refractivity contribution < 1.29 is 9.90 Å². The number of aromatic nitrogens is 1. The summed E-state index contributed by atoms with van der Waals surface area (Å²) >= 11 is 0. The number of hydrogen-bond acceptors (Lipinski definition) is 3. The Morgan fingerprint density at radius 2 is 1.48 bits per heavy atom. The molecule has 0 aliphatic heterocycles. The molecule has 3 N–H and O–H groups in total. The third-order valence-corrected chi connectivity index (χ3v) is 4.52. The van der Waals surface area contributed by atoms with E-state index in [1.54, 1.807) is 24.3 Å². The molecule has 4 rings (SSSR count). The zero-order valence-electron chi connectivity index (χ0n) is 15.5. The van der Waals surface area contributed by atoms with Crippen molar-refractivity contribution in [3.8, 4) is 28.1 Å². The number of carbonyl (C=O) groups is 1. The molecule has 0 spiro atoms. The van der Waals surface area contributed by atoms with Crippen LogP contribution in [0.5, 0.6) is 5.75 Å². The van der Waals surface area contributed by atoms with Gasteiger partial charge < -0.3 is 10.1 Å². The molecule has 5 heteroatoms. The second kappa shape index (κ2) is 8.27. The Hall–Kier alpha value is -4.12. The standard InChI is InChI=1S/C24H19N3O2/c28-22-14-8-7-13-19(22)16-25-27-24(29)23-20(17-9-3-1-4-10-17)15-21(26-23)18-11-5-2-6-12-18/h1-16,26,28H,(H,27,29). The molecule has 5 nitrogen and oxygen atoms in total. The van der Waals surface area contributed by atoms with Crippen LogP contribution in [0, 0.1) is 0 Å². The van der Waals surface area contributed by atoms with Crippen molar-refractivity contribution in [2.24, 2.45) is 5.10 Å². The third kappa shape index (κ3) is 4.09. The van der Waals surface area contributed by atoms with Gasteiger partial charge in [-0.1, -0.05) is 72.8 Å². The van der Waals surface area contributed by atoms with E-state index in [1.807, 2.05) is 66.7 Å². The van der Waals surface area contributed by atoms with E-state index in [4.69, 9.17) is 0 Å². The van der Waals surface area contributed by atoms with Gasteiger partial charge in [0.2, 0.25) is 0 Å². The van der Waals surface area contributed by atoms with Crippen molar-refractivity contribution in [2.75, 3.05) is 0 Å². The Bertz CT molecular complexity index is 1150. The average molecular weight is 381 g/mol. The number of nitrogens with one attached hydrogen (secondary N) is 2. The van der Waals surface area contributed by atoms with Crippen LogP contribution >= 0.6 is 0 Å². The van der Waals surface area contributed by atoms with Crippen molar-refractivity contribution in [2.45, 2.75) is 0 Å². The zero-order valence-corrected chi connectivity index (χ0v) is 15.5. The van der Waals surface area contributed by atoms with Gasteiger partial charge in [-0.15, -0.1) is 0 Å². The number of aromatic hydroxyl groups is 1. The van der Waals surface area contributed by atoms with Crippen LogP contribution in [0.25, 0.3) is 22.4 Å². The zero-order chi connectivity index (χ0) is 20.1. The van der Waals surface area contributed by atoms with Gasteiger partial charge in [-0.05, 0) is 29.3 Å². The van der Waals surface area contributed by atoms with E-state index in [0.717, 1.165) is 22.4 Å². The first kappa shape index (κ1) is 18.3. The molecule has 0 aliphatic carbocycles. The molecule has 0 saturated heterocycles. The molecule has 1 amide bonds. The molecule has 0 saturated carbocycles. The fraction of sp³-hybridized carbons (Fsp3) is 0. The summed E-state index contributed by atoms with van der Waals surface area (Å²) in [5.74, 6) is -0.264. The normalized spacial score (nSPS) is 10.9. The number of phenolic OH excluding ortho intramolecular Hbond substituents is 1. The number of hydrazone groups is 1. The summed E-state index contributed by atoms with van der Waals surface area (Å²) in [4.78, 5) is 16.1. The van der Waals surface area contributed by atoms with Gasteiger partial charge in [-0.2, -0.15) is 5.10 Å². The predicted molar refractivity (Wildman–Crippen MR) is 115 cm³/mol. The van der Waals surface area contributed by atoms with Gasteiger partial charge in [-0.3, -0.25) is 4.79 Å². The molecule has 0 atom stereocenters. The van der Waals surface area contributed by atoms with Crippen LogP contribution in [0.3, 0.4) is 0 Å². The first-order valence-corrected chi connectivity index (χ1v) is 9.17. The van der Waals surface area contributed by atoms with E-state index in [2.05, 4.69) is 15.5 Å². The molecule has 0 bridgehead atoms. The summed E-state index contributed by atoms with van der Waals surface area (Å²) in [6, 6.07) is 28.3. The van der Waals surface area contributed by atoms with Gasteiger partial charge in [0.25, 0.3) is 5.91 Å². The van der Waals surface area contributed by atoms with Gasteiger partial charge in [0.1, 0.15) is 11.4 Å². The third-order valence-electron chi connectivity index (χ3n) is 4.52. The van der Waals surface area contributed by atoms with Crippen molar-refractivity contribution >= 4 is 12.1 Å². The SMILES string of the molecule is O=C(NN=Cc1ccccc1O)c1[nH]c(-c2ccccc2)cc1-c1ccccc1. The lowest BCUT2D eigenvalue weighted by molar-refractivity contribution is 0.0951. The first-order chi connectivity index (χ1) is 14.2. The number of rotatable bonds is 5. The number of phenols is 1. The van der Waals surface area contributed by atoms with E-state index < -0.39 is 0 Å². The monoisotopic (exact) mass is 381 g/mol. The molecule has 3 aromatic carbocycles. The minimum absolute atomic E-state index is 0.0988. The Morgan fingerprint density at radius 1 is 0.862 bits per heavy atom. The number of nitrogens with zero attached hydrogens (tertiary/aromatic N) is 1. The summed E-state index contributed by atoms with van der Waals surface area (Å²) in [6.07, 6.45) is 1.41. The quantitative estimate of drug-likeness (QED) is 0.342. The molecule has 0 aliphatic rings. The number of benzene rings is 3. The maximum atomic E-state index is 12.8. The summed E-state index contributed by atoms with van der Waals surface area (Å²) in [6.45, 7) is 0.